The maximum Gasteiger partial charge on any atom is 0.115 e. The molecule has 0 amide bonds. The smallest absolute Gasteiger partial charge is 0.115 e. The maximum absolute atomic E-state index is 9.85. The first-order valence-electron chi connectivity index (χ1n) is 9.30. The molecule has 3 aliphatic rings. The molecule has 1 aromatic rings. The molecular weight excluding hydrogens is 320 g/mol. The molecular formula is C20H28OS2. The molecule has 2 aliphatic carbocycles. The fraction of sp³-hybridized carbons (Fsp3) is 0.700. The van der Waals surface area contributed by atoms with E-state index in [1.54, 1.807) is 5.56 Å². The van der Waals surface area contributed by atoms with Crippen LogP contribution in [0.25, 0.3) is 0 Å². The Balaban J connectivity index is 1.67. The van der Waals surface area contributed by atoms with Crippen LogP contribution in [-0.4, -0.2) is 20.7 Å². The molecule has 3 heteroatoms. The molecule has 0 aromatic heterocycles. The summed E-state index contributed by atoms with van der Waals surface area (Å²) in [6.45, 7) is 2.33. The lowest BCUT2D eigenvalue weighted by atomic mass is 9.62. The molecule has 2 fully saturated rings. The van der Waals surface area contributed by atoms with Crippen LogP contribution in [0.1, 0.15) is 62.5 Å². The number of phenolic OH excluding ortho intramolecular Hbond substituents is 1. The molecule has 23 heavy (non-hydrogen) atoms. The Labute approximate surface area is 149 Å². The summed E-state index contributed by atoms with van der Waals surface area (Å²) >= 11 is 4.50. The van der Waals surface area contributed by atoms with Gasteiger partial charge in [-0.3, -0.25) is 0 Å². The van der Waals surface area contributed by atoms with Crippen LogP contribution in [0.5, 0.6) is 5.75 Å². The zero-order valence-electron chi connectivity index (χ0n) is 14.1. The summed E-state index contributed by atoms with van der Waals surface area (Å²) in [7, 11) is 0. The van der Waals surface area contributed by atoms with E-state index < -0.39 is 0 Å². The van der Waals surface area contributed by atoms with E-state index in [2.05, 4.69) is 36.5 Å². The molecule has 1 aliphatic heterocycles. The highest BCUT2D eigenvalue weighted by Crippen LogP contribution is 2.62. The van der Waals surface area contributed by atoms with Crippen molar-refractivity contribution in [3.05, 3.63) is 29.3 Å². The molecule has 4 rings (SSSR count). The molecule has 1 heterocycles. The standard InChI is InChI=1S/C20H28OS2/c1-2-3-4-15-12-20(22-9-10-23-20)13-19-17-8-6-16(21)11-14(17)5-7-18(15)19/h6,8,11,15,18-19,21H,2-5,7,9-10,12-13H2,1H3/t15-,18?,19?/m0/s1. The van der Waals surface area contributed by atoms with Crippen molar-refractivity contribution in [3.63, 3.8) is 0 Å². The molecule has 0 bridgehead atoms. The van der Waals surface area contributed by atoms with E-state index in [4.69, 9.17) is 0 Å². The Hall–Kier alpha value is -0.280. The van der Waals surface area contributed by atoms with Gasteiger partial charge in [0.25, 0.3) is 0 Å². The van der Waals surface area contributed by atoms with E-state index in [-0.39, 0.29) is 0 Å². The van der Waals surface area contributed by atoms with Gasteiger partial charge in [0.2, 0.25) is 0 Å². The molecule has 1 spiro atoms. The Morgan fingerprint density at radius 1 is 1.22 bits per heavy atom. The van der Waals surface area contributed by atoms with Crippen molar-refractivity contribution in [2.24, 2.45) is 11.8 Å². The summed E-state index contributed by atoms with van der Waals surface area (Å²) in [6, 6.07) is 6.18. The summed E-state index contributed by atoms with van der Waals surface area (Å²) < 4.78 is 0.492. The van der Waals surface area contributed by atoms with Gasteiger partial charge in [-0.25, -0.2) is 0 Å². The zero-order chi connectivity index (χ0) is 15.9. The number of rotatable bonds is 3. The second kappa shape index (κ2) is 6.55. The van der Waals surface area contributed by atoms with Gasteiger partial charge >= 0.3 is 0 Å². The lowest BCUT2D eigenvalue weighted by Crippen LogP contribution is -2.40. The molecule has 126 valence electrons. The Bertz CT molecular complexity index is 565. The largest absolute Gasteiger partial charge is 0.508 e. The van der Waals surface area contributed by atoms with Crippen LogP contribution in [0, 0.1) is 11.8 Å². The van der Waals surface area contributed by atoms with Crippen LogP contribution >= 0.6 is 23.5 Å². The highest BCUT2D eigenvalue weighted by atomic mass is 32.2. The van der Waals surface area contributed by atoms with Crippen LogP contribution in [0.4, 0.5) is 0 Å². The number of hydrogen-bond donors (Lipinski definition) is 1. The molecule has 1 N–H and O–H groups in total. The maximum atomic E-state index is 9.85. The zero-order valence-corrected chi connectivity index (χ0v) is 15.7. The van der Waals surface area contributed by atoms with Crippen molar-refractivity contribution in [2.45, 2.75) is 61.9 Å². The highest BCUT2D eigenvalue weighted by Gasteiger charge is 2.49. The molecule has 1 aromatic carbocycles. The van der Waals surface area contributed by atoms with E-state index in [0.717, 1.165) is 17.8 Å². The third-order valence-corrected chi connectivity index (χ3v) is 9.74. The Morgan fingerprint density at radius 2 is 2.04 bits per heavy atom. The molecule has 1 saturated carbocycles. The first-order valence-corrected chi connectivity index (χ1v) is 11.3. The predicted molar refractivity (Wildman–Crippen MR) is 103 cm³/mol. The lowest BCUT2D eigenvalue weighted by molar-refractivity contribution is 0.165. The summed E-state index contributed by atoms with van der Waals surface area (Å²) in [6.07, 6.45) is 9.44. The van der Waals surface area contributed by atoms with Crippen molar-refractivity contribution in [1.29, 1.82) is 0 Å². The fourth-order valence-electron chi connectivity index (χ4n) is 5.23. The molecule has 0 radical (unpaired) electrons. The topological polar surface area (TPSA) is 20.2 Å². The molecule has 1 nitrogen and oxygen atoms in total. The van der Waals surface area contributed by atoms with E-state index >= 15 is 0 Å². The van der Waals surface area contributed by atoms with Crippen molar-refractivity contribution >= 4 is 23.5 Å². The summed E-state index contributed by atoms with van der Waals surface area (Å²) in [5, 5.41) is 9.85. The van der Waals surface area contributed by atoms with Crippen LogP contribution in [-0.2, 0) is 6.42 Å². The Kier molecular flexibility index (Phi) is 4.62. The van der Waals surface area contributed by atoms with Crippen LogP contribution < -0.4 is 0 Å². The number of unbranched alkanes of at least 4 members (excludes halogenated alkanes) is 1. The number of benzene rings is 1. The van der Waals surface area contributed by atoms with E-state index in [0.29, 0.717) is 9.83 Å². The van der Waals surface area contributed by atoms with Crippen molar-refractivity contribution < 1.29 is 5.11 Å². The van der Waals surface area contributed by atoms with Crippen LogP contribution in [0.2, 0.25) is 0 Å². The van der Waals surface area contributed by atoms with Gasteiger partial charge in [0, 0.05) is 11.5 Å². The summed E-state index contributed by atoms with van der Waals surface area (Å²) in [5.41, 5.74) is 2.98. The minimum atomic E-state index is 0.444. The predicted octanol–water partition coefficient (Wildman–Crippen LogP) is 5.81. The molecule has 1 saturated heterocycles. The minimum Gasteiger partial charge on any atom is -0.508 e. The Morgan fingerprint density at radius 3 is 2.83 bits per heavy atom. The van der Waals surface area contributed by atoms with Gasteiger partial charge in [-0.2, -0.15) is 0 Å². The second-order valence-corrected chi connectivity index (χ2v) is 10.8. The number of thioether (sulfide) groups is 2. The number of hydrogen-bond acceptors (Lipinski definition) is 3. The monoisotopic (exact) mass is 348 g/mol. The van der Waals surface area contributed by atoms with Crippen LogP contribution in [0.15, 0.2) is 18.2 Å². The van der Waals surface area contributed by atoms with E-state index in [9.17, 15) is 5.11 Å². The van der Waals surface area contributed by atoms with E-state index in [1.165, 1.54) is 62.0 Å². The van der Waals surface area contributed by atoms with Crippen molar-refractivity contribution in [3.8, 4) is 5.75 Å². The van der Waals surface area contributed by atoms with E-state index in [1.807, 2.05) is 12.1 Å². The summed E-state index contributed by atoms with van der Waals surface area (Å²) in [5.74, 6) is 5.64. The first-order chi connectivity index (χ1) is 11.2. The van der Waals surface area contributed by atoms with Crippen LogP contribution in [0.3, 0.4) is 0 Å². The number of aromatic hydroxyl groups is 1. The quantitative estimate of drug-likeness (QED) is 0.744. The second-order valence-electron chi connectivity index (χ2n) is 7.61. The van der Waals surface area contributed by atoms with Gasteiger partial charge in [0.05, 0.1) is 4.08 Å². The number of phenols is 1. The fourth-order valence-corrected chi connectivity index (χ4v) is 8.74. The summed E-state index contributed by atoms with van der Waals surface area (Å²) in [4.78, 5) is 0. The van der Waals surface area contributed by atoms with Gasteiger partial charge in [-0.05, 0) is 66.7 Å². The van der Waals surface area contributed by atoms with Gasteiger partial charge < -0.3 is 5.11 Å². The van der Waals surface area contributed by atoms with Gasteiger partial charge in [0.1, 0.15) is 5.75 Å². The van der Waals surface area contributed by atoms with Crippen molar-refractivity contribution in [1.82, 2.24) is 0 Å². The van der Waals surface area contributed by atoms with Gasteiger partial charge in [0.15, 0.2) is 0 Å². The first kappa shape index (κ1) is 16.2. The third kappa shape index (κ3) is 3.04. The number of fused-ring (bicyclic) bond motifs is 3. The normalized spacial score (nSPS) is 31.8. The molecule has 2 unspecified atom stereocenters. The highest BCUT2D eigenvalue weighted by molar-refractivity contribution is 8.21. The van der Waals surface area contributed by atoms with Crippen molar-refractivity contribution in [2.75, 3.05) is 11.5 Å². The lowest BCUT2D eigenvalue weighted by Gasteiger charge is -2.49. The number of aryl methyl sites for hydroxylation is 1. The van der Waals surface area contributed by atoms with Gasteiger partial charge in [-0.15, -0.1) is 23.5 Å². The van der Waals surface area contributed by atoms with Gasteiger partial charge in [-0.1, -0.05) is 32.3 Å². The average Bonchev–Trinajstić information content (AvgIpc) is 2.99. The third-order valence-electron chi connectivity index (χ3n) is 6.24. The minimum absolute atomic E-state index is 0.444. The average molecular weight is 349 g/mol. The SMILES string of the molecule is CCCC[C@H]1CC2(CC3c4ccc(O)cc4CCC31)SCCS2. The molecule has 3 atom stereocenters.